The minimum absolute atomic E-state index is 0. The van der Waals surface area contributed by atoms with Crippen molar-refractivity contribution in [2.45, 2.75) is 37.8 Å². The molecule has 2 aromatic carbocycles. The van der Waals surface area contributed by atoms with Crippen LogP contribution < -0.4 is 49.5 Å². The normalized spacial score (nSPS) is 16.7. The van der Waals surface area contributed by atoms with Crippen LogP contribution in [0.3, 0.4) is 0 Å². The predicted molar refractivity (Wildman–Crippen MR) is 103 cm³/mol. The van der Waals surface area contributed by atoms with Gasteiger partial charge in [0.25, 0.3) is 0 Å². The molecular formula is C22H26NNaO5. The SMILES string of the molecule is O=C([O-])COc1ccc2c(c1)C[C@H](NC[C@H](O)COc1ccccc1)CCC2.[Na+]. The van der Waals surface area contributed by atoms with E-state index in [9.17, 15) is 15.0 Å². The van der Waals surface area contributed by atoms with E-state index in [2.05, 4.69) is 5.32 Å². The second-order valence-corrected chi connectivity index (χ2v) is 7.07. The van der Waals surface area contributed by atoms with Gasteiger partial charge in [0.1, 0.15) is 30.8 Å². The summed E-state index contributed by atoms with van der Waals surface area (Å²) in [4.78, 5) is 10.6. The van der Waals surface area contributed by atoms with Gasteiger partial charge in [-0.15, -0.1) is 0 Å². The molecule has 29 heavy (non-hydrogen) atoms. The van der Waals surface area contributed by atoms with E-state index in [1.807, 2.05) is 42.5 Å². The van der Waals surface area contributed by atoms with Crippen molar-refractivity contribution in [1.29, 1.82) is 0 Å². The molecule has 0 fully saturated rings. The minimum Gasteiger partial charge on any atom is -0.546 e. The molecule has 0 unspecified atom stereocenters. The Hall–Kier alpha value is -1.57. The zero-order valence-corrected chi connectivity index (χ0v) is 18.8. The number of benzene rings is 2. The smallest absolute Gasteiger partial charge is 0.546 e. The molecule has 6 nitrogen and oxygen atoms in total. The molecule has 3 rings (SSSR count). The number of aliphatic hydroxyl groups is 1. The number of carboxylic acid groups (broad SMARTS) is 1. The fraction of sp³-hybridized carbons (Fsp3) is 0.409. The number of aliphatic hydroxyl groups excluding tert-OH is 1. The predicted octanol–water partition coefficient (Wildman–Crippen LogP) is -1.90. The van der Waals surface area contributed by atoms with Crippen LogP contribution in [0, 0.1) is 0 Å². The van der Waals surface area contributed by atoms with Crippen molar-refractivity contribution in [2.24, 2.45) is 0 Å². The first-order chi connectivity index (χ1) is 13.6. The van der Waals surface area contributed by atoms with Crippen LogP contribution in [-0.4, -0.2) is 43.0 Å². The first-order valence-corrected chi connectivity index (χ1v) is 9.64. The van der Waals surface area contributed by atoms with E-state index in [1.54, 1.807) is 6.07 Å². The molecule has 0 bridgehead atoms. The number of hydrogen-bond acceptors (Lipinski definition) is 6. The maximum atomic E-state index is 10.6. The van der Waals surface area contributed by atoms with E-state index in [0.29, 0.717) is 12.3 Å². The van der Waals surface area contributed by atoms with Crippen LogP contribution >= 0.6 is 0 Å². The van der Waals surface area contributed by atoms with Gasteiger partial charge in [-0.1, -0.05) is 24.3 Å². The van der Waals surface area contributed by atoms with Crippen molar-refractivity contribution in [3.8, 4) is 11.5 Å². The van der Waals surface area contributed by atoms with E-state index in [4.69, 9.17) is 9.47 Å². The molecule has 150 valence electrons. The van der Waals surface area contributed by atoms with Crippen molar-refractivity contribution in [1.82, 2.24) is 5.32 Å². The monoisotopic (exact) mass is 407 g/mol. The van der Waals surface area contributed by atoms with E-state index in [0.717, 1.165) is 37.0 Å². The molecular weight excluding hydrogens is 381 g/mol. The van der Waals surface area contributed by atoms with Gasteiger partial charge >= 0.3 is 29.6 Å². The van der Waals surface area contributed by atoms with Crippen molar-refractivity contribution in [3.05, 3.63) is 59.7 Å². The van der Waals surface area contributed by atoms with Crippen LogP contribution in [0.5, 0.6) is 11.5 Å². The van der Waals surface area contributed by atoms with Crippen LogP contribution in [0.15, 0.2) is 48.5 Å². The maximum absolute atomic E-state index is 10.6. The summed E-state index contributed by atoms with van der Waals surface area (Å²) in [5.41, 5.74) is 2.42. The Morgan fingerprint density at radius 1 is 1.14 bits per heavy atom. The maximum Gasteiger partial charge on any atom is 1.00 e. The number of para-hydroxylation sites is 1. The summed E-state index contributed by atoms with van der Waals surface area (Å²) in [7, 11) is 0. The molecule has 0 amide bonds. The van der Waals surface area contributed by atoms with E-state index < -0.39 is 18.7 Å². The van der Waals surface area contributed by atoms with Gasteiger partial charge in [0.15, 0.2) is 0 Å². The summed E-state index contributed by atoms with van der Waals surface area (Å²) in [6.45, 7) is 0.239. The molecule has 0 saturated carbocycles. The Morgan fingerprint density at radius 3 is 2.69 bits per heavy atom. The minimum atomic E-state index is -1.24. The third-order valence-electron chi connectivity index (χ3n) is 4.83. The van der Waals surface area contributed by atoms with E-state index in [1.165, 1.54) is 5.56 Å². The molecule has 1 aliphatic carbocycles. The molecule has 0 heterocycles. The summed E-state index contributed by atoms with van der Waals surface area (Å²) in [6, 6.07) is 15.4. The zero-order chi connectivity index (χ0) is 19.8. The number of nitrogens with one attached hydrogen (secondary N) is 1. The molecule has 0 spiro atoms. The molecule has 0 radical (unpaired) electrons. The van der Waals surface area contributed by atoms with Crippen LogP contribution in [0.4, 0.5) is 0 Å². The Kier molecular flexibility index (Phi) is 9.97. The molecule has 2 atom stereocenters. The van der Waals surface area contributed by atoms with Gasteiger partial charge in [-0.2, -0.15) is 0 Å². The average molecular weight is 407 g/mol. The number of carbonyl (C=O) groups is 1. The van der Waals surface area contributed by atoms with Crippen molar-refractivity contribution in [2.75, 3.05) is 19.8 Å². The quantitative estimate of drug-likeness (QED) is 0.373. The number of carboxylic acids is 1. The topological polar surface area (TPSA) is 90.9 Å². The standard InChI is InChI=1S/C22H27NO5.Na/c24-19(14-27-20-7-2-1-3-8-20)13-23-18-6-4-5-16-9-10-21(12-17(16)11-18)28-15-22(25)26;/h1-3,7-10,12,18-19,23-24H,4-6,11,13-15H2,(H,25,26);/q;+1/p-1/t18-,19+;/m1./s1. The number of aliphatic carboxylic acids is 1. The van der Waals surface area contributed by atoms with Crippen LogP contribution in [-0.2, 0) is 17.6 Å². The average Bonchev–Trinajstić information content (AvgIpc) is 2.91. The number of carbonyl (C=O) groups excluding carboxylic acids is 1. The van der Waals surface area contributed by atoms with Gasteiger partial charge in [-0.05, 0) is 61.1 Å². The number of hydrogen-bond donors (Lipinski definition) is 2. The molecule has 2 N–H and O–H groups in total. The summed E-state index contributed by atoms with van der Waals surface area (Å²) in [5, 5.41) is 24.2. The van der Waals surface area contributed by atoms with Crippen molar-refractivity contribution >= 4 is 5.97 Å². The summed E-state index contributed by atoms with van der Waals surface area (Å²) in [5.74, 6) is 0.0510. The third kappa shape index (κ3) is 7.99. The molecule has 1 aliphatic rings. The van der Waals surface area contributed by atoms with Gasteiger partial charge in [-0.25, -0.2) is 0 Å². The summed E-state index contributed by atoms with van der Waals surface area (Å²) < 4.78 is 10.8. The Balaban J connectivity index is 0.00000300. The Bertz CT molecular complexity index is 771. The first-order valence-electron chi connectivity index (χ1n) is 9.64. The molecule has 0 aliphatic heterocycles. The van der Waals surface area contributed by atoms with Gasteiger partial charge in [0.2, 0.25) is 0 Å². The van der Waals surface area contributed by atoms with Crippen LogP contribution in [0.2, 0.25) is 0 Å². The zero-order valence-electron chi connectivity index (χ0n) is 16.8. The fourth-order valence-electron chi connectivity index (χ4n) is 3.42. The molecule has 7 heteroatoms. The Labute approximate surface area is 193 Å². The first kappa shape index (κ1) is 23.7. The number of fused-ring (bicyclic) bond motifs is 1. The second kappa shape index (κ2) is 12.2. The summed E-state index contributed by atoms with van der Waals surface area (Å²) in [6.07, 6.45) is 3.26. The number of aryl methyl sites for hydroxylation is 1. The number of ether oxygens (including phenoxy) is 2. The molecule has 0 saturated heterocycles. The second-order valence-electron chi connectivity index (χ2n) is 7.07. The number of rotatable bonds is 9. The Morgan fingerprint density at radius 2 is 1.93 bits per heavy atom. The molecule has 0 aromatic heterocycles. The fourth-order valence-corrected chi connectivity index (χ4v) is 3.42. The van der Waals surface area contributed by atoms with Crippen molar-refractivity contribution < 1.29 is 54.0 Å². The van der Waals surface area contributed by atoms with Gasteiger partial charge in [-0.3, -0.25) is 0 Å². The molecule has 2 aromatic rings. The van der Waals surface area contributed by atoms with Crippen LogP contribution in [0.1, 0.15) is 24.0 Å². The third-order valence-corrected chi connectivity index (χ3v) is 4.83. The van der Waals surface area contributed by atoms with E-state index in [-0.39, 0.29) is 42.2 Å². The van der Waals surface area contributed by atoms with Crippen LogP contribution in [0.25, 0.3) is 0 Å². The largest absolute Gasteiger partial charge is 1.00 e. The van der Waals surface area contributed by atoms with Crippen molar-refractivity contribution in [3.63, 3.8) is 0 Å². The summed E-state index contributed by atoms with van der Waals surface area (Å²) >= 11 is 0. The van der Waals surface area contributed by atoms with E-state index >= 15 is 0 Å². The van der Waals surface area contributed by atoms with Gasteiger partial charge < -0.3 is 29.8 Å². The van der Waals surface area contributed by atoms with Gasteiger partial charge in [0, 0.05) is 12.6 Å². The van der Waals surface area contributed by atoms with Gasteiger partial charge in [0.05, 0.1) is 5.97 Å².